The van der Waals surface area contributed by atoms with E-state index in [2.05, 4.69) is 15.6 Å². The molecule has 272 valence electrons. The summed E-state index contributed by atoms with van der Waals surface area (Å²) in [4.78, 5) is 17.0. The number of amides is 1. The third-order valence-electron chi connectivity index (χ3n) is 9.40. The molecule has 0 bridgehead atoms. The zero-order chi connectivity index (χ0) is 35.0. The number of aliphatic hydroxyl groups is 9. The van der Waals surface area contributed by atoms with Crippen molar-refractivity contribution >= 4 is 11.9 Å². The molecule has 0 spiro atoms. The molecular weight excluding hydrogens is 632 g/mol. The van der Waals surface area contributed by atoms with Gasteiger partial charge in [0.2, 0.25) is 0 Å². The van der Waals surface area contributed by atoms with Gasteiger partial charge in [-0.2, -0.15) is 0 Å². The van der Waals surface area contributed by atoms with Gasteiger partial charge in [-0.1, -0.05) is 0 Å². The van der Waals surface area contributed by atoms with Crippen LogP contribution in [-0.4, -0.2) is 187 Å². The number of aliphatic imine (C=N–C) groups is 1. The summed E-state index contributed by atoms with van der Waals surface area (Å²) in [6.07, 6.45) is -17.3. The van der Waals surface area contributed by atoms with Gasteiger partial charge in [0, 0.05) is 37.5 Å². The molecule has 2 saturated carbocycles. The fourth-order valence-electron chi connectivity index (χ4n) is 6.48. The van der Waals surface area contributed by atoms with Gasteiger partial charge in [0.05, 0.1) is 49.7 Å². The fraction of sp³-hybridized carbons (Fsp3) is 0.923. The topological polar surface area (TPSA) is 393 Å². The van der Waals surface area contributed by atoms with Crippen LogP contribution in [0.2, 0.25) is 0 Å². The van der Waals surface area contributed by atoms with E-state index in [-0.39, 0.29) is 38.5 Å². The number of nitrogens with two attached hydrogens (primary N) is 5. The van der Waals surface area contributed by atoms with Crippen LogP contribution < -0.4 is 39.3 Å². The smallest absolute Gasteiger partial charge is 0.254 e. The Balaban J connectivity index is 1.60. The minimum Gasteiger partial charge on any atom is -0.395 e. The Morgan fingerprint density at radius 2 is 1.64 bits per heavy atom. The molecule has 21 N–H and O–H groups in total. The molecule has 0 aromatic rings. The van der Waals surface area contributed by atoms with Gasteiger partial charge in [-0.3, -0.25) is 4.79 Å². The minimum atomic E-state index is -1.99. The second kappa shape index (κ2) is 15.3. The summed E-state index contributed by atoms with van der Waals surface area (Å²) in [5.41, 5.74) is 26.9. The molecule has 4 rings (SSSR count). The molecule has 18 atom stereocenters. The van der Waals surface area contributed by atoms with Crippen molar-refractivity contribution in [1.29, 1.82) is 0 Å². The van der Waals surface area contributed by atoms with Crippen molar-refractivity contribution in [2.75, 3.05) is 26.3 Å². The molecule has 18 unspecified atom stereocenters. The van der Waals surface area contributed by atoms with Gasteiger partial charge < -0.3 is 99.5 Å². The molecule has 0 radical (unpaired) electrons. The van der Waals surface area contributed by atoms with Crippen LogP contribution in [0.5, 0.6) is 0 Å². The molecule has 21 heteroatoms. The lowest BCUT2D eigenvalue weighted by molar-refractivity contribution is -0.310. The highest BCUT2D eigenvalue weighted by Gasteiger charge is 2.62. The van der Waals surface area contributed by atoms with Gasteiger partial charge >= 0.3 is 0 Å². The average molecular weight is 683 g/mol. The van der Waals surface area contributed by atoms with Crippen molar-refractivity contribution in [3.63, 3.8) is 0 Å². The fourth-order valence-corrected chi connectivity index (χ4v) is 6.48. The maximum Gasteiger partial charge on any atom is 0.254 e. The Morgan fingerprint density at radius 3 is 2.26 bits per heavy atom. The summed E-state index contributed by atoms with van der Waals surface area (Å²) in [5.74, 6) is -2.50. The van der Waals surface area contributed by atoms with Gasteiger partial charge in [0.25, 0.3) is 5.91 Å². The largest absolute Gasteiger partial charge is 0.395 e. The molecule has 0 aromatic heterocycles. The summed E-state index contributed by atoms with van der Waals surface area (Å²) in [6.45, 7) is -0.975. The van der Waals surface area contributed by atoms with Crippen LogP contribution in [0.4, 0.5) is 0 Å². The van der Waals surface area contributed by atoms with Gasteiger partial charge in [0.15, 0.2) is 17.9 Å². The van der Waals surface area contributed by atoms with E-state index in [1.807, 2.05) is 0 Å². The molecule has 1 amide bonds. The Labute approximate surface area is 269 Å². The van der Waals surface area contributed by atoms with Crippen molar-refractivity contribution in [3.05, 3.63) is 0 Å². The number of nitrogens with one attached hydrogen (secondary N) is 2. The summed E-state index contributed by atoms with van der Waals surface area (Å²) in [6, 6.07) is -5.17. The maximum atomic E-state index is 13.2. The Kier molecular flexibility index (Phi) is 12.4. The monoisotopic (exact) mass is 682 g/mol. The summed E-state index contributed by atoms with van der Waals surface area (Å²) >= 11 is 0. The minimum absolute atomic E-state index is 0.0772. The molecule has 4 fully saturated rings. The number of nitrogens with zero attached hydrogens (tertiary/aromatic N) is 1. The van der Waals surface area contributed by atoms with Crippen molar-refractivity contribution < 1.29 is 65.0 Å². The first-order chi connectivity index (χ1) is 22.0. The van der Waals surface area contributed by atoms with E-state index >= 15 is 0 Å². The second-order valence-electron chi connectivity index (χ2n) is 12.8. The van der Waals surface area contributed by atoms with E-state index < -0.39 is 122 Å². The first-order valence-electron chi connectivity index (χ1n) is 15.4. The van der Waals surface area contributed by atoms with Gasteiger partial charge in [-0.15, -0.1) is 0 Å². The van der Waals surface area contributed by atoms with Crippen molar-refractivity contribution in [3.8, 4) is 0 Å². The van der Waals surface area contributed by atoms with Crippen LogP contribution in [0.1, 0.15) is 12.8 Å². The van der Waals surface area contributed by atoms with E-state index in [4.69, 9.17) is 42.9 Å². The SMILES string of the molecule is NC(N)=NC1CC1(O)C(=O)NC1CC(N)C(C2OC(CNCC(N)CO)C(O)C(O)C2O)C(O)C1OC1OC(CO)C(O)C(N)C1O. The van der Waals surface area contributed by atoms with Crippen LogP contribution in [0.25, 0.3) is 0 Å². The Bertz CT molecular complexity index is 1090. The lowest BCUT2D eigenvalue weighted by Crippen LogP contribution is -2.71. The van der Waals surface area contributed by atoms with Crippen LogP contribution in [0.3, 0.4) is 0 Å². The number of ether oxygens (including phenoxy) is 3. The molecule has 47 heavy (non-hydrogen) atoms. The lowest BCUT2D eigenvalue weighted by atomic mass is 9.72. The highest BCUT2D eigenvalue weighted by atomic mass is 16.7. The molecule has 2 aliphatic heterocycles. The van der Waals surface area contributed by atoms with E-state index in [9.17, 15) is 50.8 Å². The highest BCUT2D eigenvalue weighted by molar-refractivity contribution is 5.90. The van der Waals surface area contributed by atoms with E-state index in [0.29, 0.717) is 0 Å². The summed E-state index contributed by atoms with van der Waals surface area (Å²) in [5, 5.41) is 100. The normalized spacial score (nSPS) is 47.6. The Morgan fingerprint density at radius 1 is 0.957 bits per heavy atom. The van der Waals surface area contributed by atoms with Gasteiger partial charge in [0.1, 0.15) is 42.7 Å². The number of carbonyl (C=O) groups is 1. The summed E-state index contributed by atoms with van der Waals surface area (Å²) in [7, 11) is 0. The first kappa shape index (κ1) is 37.9. The standard InChI is InChI=1S/C26H50N8O13/c27-7(5-35)3-32-4-10-16(38)19(41)20(42)22(45-10)13-8(28)1-9(33-24(43)26(44)2-12(26)34-25(30)31)21(17(13)39)47-23-18(40)14(29)15(37)11(6-36)46-23/h7-23,32,35-42,44H,1-6,27-29H2,(H,33,43)(H4,30,31,34). The maximum absolute atomic E-state index is 13.2. The molecule has 4 aliphatic rings. The zero-order valence-corrected chi connectivity index (χ0v) is 25.5. The average Bonchev–Trinajstić information content (AvgIpc) is 3.68. The van der Waals surface area contributed by atoms with Crippen LogP contribution >= 0.6 is 0 Å². The third kappa shape index (κ3) is 7.96. The van der Waals surface area contributed by atoms with Gasteiger partial charge in [-0.05, 0) is 6.42 Å². The number of rotatable bonds is 12. The first-order valence-corrected chi connectivity index (χ1v) is 15.4. The third-order valence-corrected chi connectivity index (χ3v) is 9.40. The van der Waals surface area contributed by atoms with Crippen LogP contribution in [-0.2, 0) is 19.0 Å². The molecule has 2 saturated heterocycles. The lowest BCUT2D eigenvalue weighted by Gasteiger charge is -2.52. The van der Waals surface area contributed by atoms with E-state index in [1.165, 1.54) is 0 Å². The molecule has 0 aromatic carbocycles. The highest BCUT2D eigenvalue weighted by Crippen LogP contribution is 2.41. The number of guanidine groups is 1. The predicted octanol–water partition coefficient (Wildman–Crippen LogP) is -10.1. The quantitative estimate of drug-likeness (QED) is 0.0670. The van der Waals surface area contributed by atoms with Crippen LogP contribution in [0, 0.1) is 5.92 Å². The van der Waals surface area contributed by atoms with Crippen molar-refractivity contribution in [1.82, 2.24) is 10.6 Å². The van der Waals surface area contributed by atoms with Gasteiger partial charge in [-0.25, -0.2) is 4.99 Å². The molecule has 2 heterocycles. The zero-order valence-electron chi connectivity index (χ0n) is 25.5. The number of aliphatic hydroxyl groups excluding tert-OH is 8. The molecule has 21 nitrogen and oxygen atoms in total. The van der Waals surface area contributed by atoms with E-state index in [1.54, 1.807) is 0 Å². The number of hydrogen-bond donors (Lipinski definition) is 16. The van der Waals surface area contributed by atoms with Crippen LogP contribution in [0.15, 0.2) is 4.99 Å². The van der Waals surface area contributed by atoms with E-state index in [0.717, 1.165) is 0 Å². The second-order valence-corrected chi connectivity index (χ2v) is 12.8. The van der Waals surface area contributed by atoms with Crippen molar-refractivity contribution in [2.45, 2.75) is 116 Å². The van der Waals surface area contributed by atoms with Crippen molar-refractivity contribution in [2.24, 2.45) is 39.6 Å². The molecular formula is C26H50N8O13. The Hall–Kier alpha value is -1.90. The number of hydrogen-bond acceptors (Lipinski definition) is 18. The number of carbonyl (C=O) groups excluding carboxylic acids is 1. The summed E-state index contributed by atoms with van der Waals surface area (Å²) < 4.78 is 17.5. The molecule has 2 aliphatic carbocycles. The predicted molar refractivity (Wildman–Crippen MR) is 158 cm³/mol.